The lowest BCUT2D eigenvalue weighted by atomic mass is 11.0. The first-order valence-corrected chi connectivity index (χ1v) is 4.49. The normalized spacial score (nSPS) is 8.70. The largest absolute Gasteiger partial charge is 0.362 e. The molecule has 0 unspecified atom stereocenters. The van der Waals surface area contributed by atoms with Gasteiger partial charge in [0.15, 0.2) is 4.32 Å². The van der Waals surface area contributed by atoms with Gasteiger partial charge in [-0.15, -0.1) is 12.6 Å². The second-order valence-electron chi connectivity index (χ2n) is 1.67. The van der Waals surface area contributed by atoms with Crippen molar-refractivity contribution < 1.29 is 0 Å². The van der Waals surface area contributed by atoms with E-state index in [0.29, 0.717) is 4.32 Å². The predicted octanol–water partition coefficient (Wildman–Crippen LogP) is 1.29. The lowest BCUT2D eigenvalue weighted by Crippen LogP contribution is -2.21. The Morgan fingerprint density at radius 2 is 2.00 bits per heavy atom. The predicted molar refractivity (Wildman–Crippen MR) is 58.6 cm³/mol. The van der Waals surface area contributed by atoms with E-state index in [2.05, 4.69) is 29.6 Å². The topological polar surface area (TPSA) is 15.3 Å². The molecule has 2 nitrogen and oxygen atoms in total. The number of rotatable bonds is 0. The van der Waals surface area contributed by atoms with Crippen LogP contribution in [0.1, 0.15) is 0 Å². The second-order valence-corrected chi connectivity index (χ2v) is 4.27. The third kappa shape index (κ3) is 5.28. The molecular weight excluding hydrogens is 204 g/mol. The van der Waals surface area contributed by atoms with Gasteiger partial charge >= 0.3 is 0 Å². The van der Waals surface area contributed by atoms with Crippen LogP contribution in [0.2, 0.25) is 0 Å². The molecule has 0 aliphatic heterocycles. The van der Waals surface area contributed by atoms with Crippen molar-refractivity contribution in [1.82, 2.24) is 9.62 Å². The monoisotopic (exact) mass is 212 g/mol. The molecule has 0 rings (SSSR count). The summed E-state index contributed by atoms with van der Waals surface area (Å²) in [5.74, 6) is 0. The number of nitrogens with one attached hydrogen (secondary N) is 1. The molecule has 1 N–H and O–H groups in total. The van der Waals surface area contributed by atoms with Crippen LogP contribution in [-0.2, 0) is 0 Å². The molecular formula is C4H8N2S4. The van der Waals surface area contributed by atoms with Crippen LogP contribution >= 0.6 is 49.0 Å². The average molecular weight is 212 g/mol. The van der Waals surface area contributed by atoms with Crippen LogP contribution in [0, 0.1) is 0 Å². The van der Waals surface area contributed by atoms with Gasteiger partial charge in [0, 0.05) is 26.0 Å². The second kappa shape index (κ2) is 5.17. The summed E-state index contributed by atoms with van der Waals surface area (Å²) in [6, 6.07) is 0. The number of hydrogen-bond donors (Lipinski definition) is 2. The highest BCUT2D eigenvalue weighted by atomic mass is 32.2. The van der Waals surface area contributed by atoms with Crippen LogP contribution in [0.5, 0.6) is 0 Å². The molecule has 0 atom stereocenters. The van der Waals surface area contributed by atoms with Gasteiger partial charge in [-0.1, -0.05) is 24.4 Å². The highest BCUT2D eigenvalue weighted by Gasteiger charge is 1.98. The SMILES string of the molecule is CN(C)C(=S)SNC(=S)S. The summed E-state index contributed by atoms with van der Waals surface area (Å²) < 4.78 is 3.93. The maximum atomic E-state index is 4.93. The van der Waals surface area contributed by atoms with Crippen molar-refractivity contribution in [3.8, 4) is 0 Å². The van der Waals surface area contributed by atoms with Crippen molar-refractivity contribution in [2.24, 2.45) is 0 Å². The summed E-state index contributed by atoms with van der Waals surface area (Å²) in [5.41, 5.74) is 0. The van der Waals surface area contributed by atoms with Gasteiger partial charge in [-0.05, 0) is 0 Å². The summed E-state index contributed by atoms with van der Waals surface area (Å²) in [4.78, 5) is 1.82. The van der Waals surface area contributed by atoms with E-state index in [-0.39, 0.29) is 0 Å². The fraction of sp³-hybridized carbons (Fsp3) is 0.500. The zero-order valence-corrected chi connectivity index (χ0v) is 8.96. The Bertz CT molecular complexity index is 144. The maximum absolute atomic E-state index is 4.93. The molecule has 0 radical (unpaired) electrons. The molecule has 0 heterocycles. The van der Waals surface area contributed by atoms with Gasteiger partial charge in [0.2, 0.25) is 0 Å². The summed E-state index contributed by atoms with van der Waals surface area (Å²) in [6.07, 6.45) is 0. The Morgan fingerprint density at radius 1 is 1.50 bits per heavy atom. The van der Waals surface area contributed by atoms with Gasteiger partial charge in [-0.3, -0.25) is 0 Å². The van der Waals surface area contributed by atoms with Crippen LogP contribution in [0.4, 0.5) is 0 Å². The first kappa shape index (κ1) is 10.5. The summed E-state index contributed by atoms with van der Waals surface area (Å²) in [7, 11) is 3.75. The Kier molecular flexibility index (Phi) is 5.42. The fourth-order valence-corrected chi connectivity index (χ4v) is 0.923. The molecule has 0 aromatic carbocycles. The summed E-state index contributed by atoms with van der Waals surface area (Å²) >= 11 is 14.7. The first-order chi connectivity index (χ1) is 4.54. The van der Waals surface area contributed by atoms with E-state index < -0.39 is 0 Å². The van der Waals surface area contributed by atoms with Crippen molar-refractivity contribution >= 4 is 57.7 Å². The lowest BCUT2D eigenvalue weighted by Gasteiger charge is -2.11. The van der Waals surface area contributed by atoms with Crippen molar-refractivity contribution in [2.75, 3.05) is 14.1 Å². The van der Waals surface area contributed by atoms with Crippen LogP contribution in [0.15, 0.2) is 0 Å². The van der Waals surface area contributed by atoms with Gasteiger partial charge < -0.3 is 9.62 Å². The minimum atomic E-state index is 0.439. The van der Waals surface area contributed by atoms with E-state index in [0.717, 1.165) is 4.32 Å². The minimum Gasteiger partial charge on any atom is -0.362 e. The Labute approximate surface area is 81.3 Å². The summed E-state index contributed by atoms with van der Waals surface area (Å²) in [6.45, 7) is 0. The Balaban J connectivity index is 3.50. The zero-order valence-electron chi connectivity index (χ0n) is 5.62. The van der Waals surface area contributed by atoms with Gasteiger partial charge in [0.1, 0.15) is 4.32 Å². The van der Waals surface area contributed by atoms with E-state index in [1.165, 1.54) is 11.9 Å². The van der Waals surface area contributed by atoms with E-state index in [1.54, 1.807) is 0 Å². The molecule has 0 saturated carbocycles. The molecule has 0 amide bonds. The number of nitrogens with zero attached hydrogens (tertiary/aromatic N) is 1. The maximum Gasteiger partial charge on any atom is 0.156 e. The third-order valence-corrected chi connectivity index (χ3v) is 2.55. The van der Waals surface area contributed by atoms with Crippen LogP contribution in [0.3, 0.4) is 0 Å². The molecule has 6 heteroatoms. The van der Waals surface area contributed by atoms with Gasteiger partial charge in [-0.25, -0.2) is 0 Å². The van der Waals surface area contributed by atoms with E-state index in [9.17, 15) is 0 Å². The van der Waals surface area contributed by atoms with E-state index in [1.807, 2.05) is 19.0 Å². The fourth-order valence-electron chi connectivity index (χ4n) is 0.179. The molecule has 0 spiro atoms. The first-order valence-electron chi connectivity index (χ1n) is 2.41. The van der Waals surface area contributed by atoms with Crippen LogP contribution in [-0.4, -0.2) is 27.6 Å². The highest BCUT2D eigenvalue weighted by molar-refractivity contribution is 8.24. The highest BCUT2D eigenvalue weighted by Crippen LogP contribution is 2.01. The standard InChI is InChI=1S/C4H8N2S4/c1-6(2)4(9)10-5-3(7)8/h1-2H3,(H2,5,7,8). The van der Waals surface area contributed by atoms with Crippen molar-refractivity contribution in [1.29, 1.82) is 0 Å². The van der Waals surface area contributed by atoms with Crippen LogP contribution in [0.25, 0.3) is 0 Å². The van der Waals surface area contributed by atoms with Gasteiger partial charge in [-0.2, -0.15) is 0 Å². The van der Waals surface area contributed by atoms with Crippen LogP contribution < -0.4 is 4.72 Å². The van der Waals surface area contributed by atoms with Crippen molar-refractivity contribution in [3.05, 3.63) is 0 Å². The number of hydrogen-bond acceptors (Lipinski definition) is 3. The molecule has 0 bridgehead atoms. The molecule has 0 aliphatic rings. The third-order valence-electron chi connectivity index (χ3n) is 0.591. The quantitative estimate of drug-likeness (QED) is 0.356. The van der Waals surface area contributed by atoms with Crippen molar-refractivity contribution in [2.45, 2.75) is 0 Å². The van der Waals surface area contributed by atoms with Crippen molar-refractivity contribution in [3.63, 3.8) is 0 Å². The van der Waals surface area contributed by atoms with E-state index >= 15 is 0 Å². The number of thiocarbonyl (C=S) groups is 2. The summed E-state index contributed by atoms with van der Waals surface area (Å²) in [5, 5.41) is 0. The molecule has 0 aromatic rings. The Morgan fingerprint density at radius 3 is 2.30 bits per heavy atom. The van der Waals surface area contributed by atoms with Gasteiger partial charge in [0.05, 0.1) is 0 Å². The Hall–Kier alpha value is 0.480. The smallest absolute Gasteiger partial charge is 0.156 e. The molecule has 0 saturated heterocycles. The molecule has 10 heavy (non-hydrogen) atoms. The molecule has 0 fully saturated rings. The molecule has 0 aromatic heterocycles. The minimum absolute atomic E-state index is 0.439. The molecule has 58 valence electrons. The zero-order chi connectivity index (χ0) is 8.15. The van der Waals surface area contributed by atoms with E-state index in [4.69, 9.17) is 12.2 Å². The lowest BCUT2D eigenvalue weighted by molar-refractivity contribution is 0.648. The number of thiol groups is 1. The average Bonchev–Trinajstić information content (AvgIpc) is 1.82. The molecule has 0 aliphatic carbocycles. The van der Waals surface area contributed by atoms with Gasteiger partial charge in [0.25, 0.3) is 0 Å².